The van der Waals surface area contributed by atoms with E-state index in [0.717, 1.165) is 24.1 Å². The predicted molar refractivity (Wildman–Crippen MR) is 67.6 cm³/mol. The van der Waals surface area contributed by atoms with Crippen molar-refractivity contribution in [2.24, 2.45) is 5.92 Å². The minimum atomic E-state index is -3.44. The van der Waals surface area contributed by atoms with Crippen molar-refractivity contribution in [1.82, 2.24) is 4.72 Å². The lowest BCUT2D eigenvalue weighted by atomic mass is 10.2. The average Bonchev–Trinajstić information content (AvgIpc) is 3.03. The minimum absolute atomic E-state index is 0.117. The van der Waals surface area contributed by atoms with Gasteiger partial charge in [-0.1, -0.05) is 6.92 Å². The summed E-state index contributed by atoms with van der Waals surface area (Å²) in [4.78, 5) is 1.05. The second-order valence-electron chi connectivity index (χ2n) is 4.33. The topological polar surface area (TPSA) is 66.4 Å². The predicted octanol–water partition coefficient (Wildman–Crippen LogP) is 1.36. The molecule has 0 aromatic carbocycles. The lowest BCUT2D eigenvalue weighted by Crippen LogP contribution is -2.32. The van der Waals surface area contributed by atoms with E-state index in [1.165, 1.54) is 11.3 Å². The van der Waals surface area contributed by atoms with E-state index < -0.39 is 16.1 Å². The maximum atomic E-state index is 11.9. The Bertz CT molecular complexity index is 477. The van der Waals surface area contributed by atoms with E-state index in [-0.39, 0.29) is 12.5 Å². The summed E-state index contributed by atoms with van der Waals surface area (Å²) in [6.45, 7) is 2.11. The molecule has 1 aliphatic rings. The van der Waals surface area contributed by atoms with Gasteiger partial charge in [-0.2, -0.15) is 0 Å². The number of thiophene rings is 1. The molecule has 1 aromatic rings. The average molecular weight is 275 g/mol. The summed E-state index contributed by atoms with van der Waals surface area (Å²) in [7, 11) is -3.44. The van der Waals surface area contributed by atoms with E-state index in [0.29, 0.717) is 4.21 Å². The van der Waals surface area contributed by atoms with Gasteiger partial charge in [-0.3, -0.25) is 0 Å². The van der Waals surface area contributed by atoms with Crippen LogP contribution in [0.15, 0.2) is 16.3 Å². The van der Waals surface area contributed by atoms with Gasteiger partial charge in [0.2, 0.25) is 10.0 Å². The molecule has 17 heavy (non-hydrogen) atoms. The number of hydrogen-bond donors (Lipinski definition) is 2. The molecule has 0 amide bonds. The van der Waals surface area contributed by atoms with Crippen LogP contribution in [0.4, 0.5) is 0 Å². The van der Waals surface area contributed by atoms with Gasteiger partial charge in [0.1, 0.15) is 4.21 Å². The fourth-order valence-corrected chi connectivity index (χ4v) is 4.00. The first-order chi connectivity index (χ1) is 8.03. The molecule has 1 saturated carbocycles. The largest absolute Gasteiger partial charge is 0.391 e. The molecule has 1 unspecified atom stereocenters. The number of aliphatic hydroxyl groups is 1. The molecular formula is C11H17NO3S2. The Morgan fingerprint density at radius 1 is 1.53 bits per heavy atom. The molecule has 1 heterocycles. The quantitative estimate of drug-likeness (QED) is 0.824. The van der Waals surface area contributed by atoms with E-state index in [1.807, 2.05) is 13.0 Å². The highest BCUT2D eigenvalue weighted by atomic mass is 32.2. The molecule has 0 bridgehead atoms. The standard InChI is InChI=1S/C11H17NO3S2/c1-2-9-5-6-11(16-9)17(14,15)12-7-10(13)8-3-4-8/h5-6,8,10,12-13H,2-4,7H2,1H3. The minimum Gasteiger partial charge on any atom is -0.391 e. The lowest BCUT2D eigenvalue weighted by molar-refractivity contribution is 0.155. The Labute approximate surface area is 106 Å². The highest BCUT2D eigenvalue weighted by Gasteiger charge is 2.30. The fraction of sp³-hybridized carbons (Fsp3) is 0.636. The van der Waals surface area contributed by atoms with Crippen molar-refractivity contribution < 1.29 is 13.5 Å². The molecule has 1 aromatic heterocycles. The first-order valence-electron chi connectivity index (χ1n) is 5.79. The van der Waals surface area contributed by atoms with Crippen molar-refractivity contribution in [2.75, 3.05) is 6.54 Å². The van der Waals surface area contributed by atoms with Gasteiger partial charge in [0.05, 0.1) is 6.10 Å². The summed E-state index contributed by atoms with van der Waals surface area (Å²) >= 11 is 1.28. The summed E-state index contributed by atoms with van der Waals surface area (Å²) in [6.07, 6.45) is 2.30. The van der Waals surface area contributed by atoms with Crippen LogP contribution in [0.5, 0.6) is 0 Å². The van der Waals surface area contributed by atoms with E-state index in [2.05, 4.69) is 4.72 Å². The van der Waals surface area contributed by atoms with Crippen LogP contribution in [-0.4, -0.2) is 26.2 Å². The molecule has 2 rings (SSSR count). The Hall–Kier alpha value is -0.430. The van der Waals surface area contributed by atoms with Gasteiger partial charge in [-0.25, -0.2) is 13.1 Å². The fourth-order valence-electron chi connectivity index (χ4n) is 1.61. The first-order valence-corrected chi connectivity index (χ1v) is 8.09. The van der Waals surface area contributed by atoms with Crippen LogP contribution in [0.2, 0.25) is 0 Å². The smallest absolute Gasteiger partial charge is 0.250 e. The molecule has 2 N–H and O–H groups in total. The van der Waals surface area contributed by atoms with Crippen molar-refractivity contribution in [1.29, 1.82) is 0 Å². The number of rotatable bonds is 6. The summed E-state index contributed by atoms with van der Waals surface area (Å²) in [6, 6.07) is 3.45. The van der Waals surface area contributed by atoms with Crippen LogP contribution in [0.1, 0.15) is 24.6 Å². The van der Waals surface area contributed by atoms with E-state index >= 15 is 0 Å². The van der Waals surface area contributed by atoms with Gasteiger partial charge < -0.3 is 5.11 Å². The third-order valence-corrected chi connectivity index (χ3v) is 6.04. The van der Waals surface area contributed by atoms with Gasteiger partial charge in [0, 0.05) is 11.4 Å². The number of nitrogens with one attached hydrogen (secondary N) is 1. The summed E-state index contributed by atoms with van der Waals surface area (Å²) in [5, 5.41) is 9.63. The van der Waals surface area contributed by atoms with Gasteiger partial charge in [0.15, 0.2) is 0 Å². The number of hydrogen-bond acceptors (Lipinski definition) is 4. The monoisotopic (exact) mass is 275 g/mol. The van der Waals surface area contributed by atoms with Gasteiger partial charge in [-0.05, 0) is 37.3 Å². The van der Waals surface area contributed by atoms with E-state index in [9.17, 15) is 13.5 Å². The molecule has 1 aliphatic carbocycles. The summed E-state index contributed by atoms with van der Waals surface area (Å²) < 4.78 is 26.6. The van der Waals surface area contributed by atoms with Gasteiger partial charge in [-0.15, -0.1) is 11.3 Å². The van der Waals surface area contributed by atoms with Crippen molar-refractivity contribution in [3.63, 3.8) is 0 Å². The molecule has 96 valence electrons. The Morgan fingerprint density at radius 3 is 2.76 bits per heavy atom. The molecule has 0 saturated heterocycles. The normalized spacial score (nSPS) is 18.2. The maximum absolute atomic E-state index is 11.9. The van der Waals surface area contributed by atoms with Gasteiger partial charge in [0.25, 0.3) is 0 Å². The third kappa shape index (κ3) is 3.28. The SMILES string of the molecule is CCc1ccc(S(=O)(=O)NCC(O)C2CC2)s1. The number of aliphatic hydroxyl groups excluding tert-OH is 1. The summed E-state index contributed by atoms with van der Waals surface area (Å²) in [5.41, 5.74) is 0. The third-order valence-electron chi connectivity index (χ3n) is 2.90. The van der Waals surface area contributed by atoms with Gasteiger partial charge >= 0.3 is 0 Å². The van der Waals surface area contributed by atoms with Crippen molar-refractivity contribution in [3.8, 4) is 0 Å². The first kappa shape index (κ1) is 13.0. The molecule has 4 nitrogen and oxygen atoms in total. The molecule has 0 aliphatic heterocycles. The number of aryl methyl sites for hydroxylation is 1. The molecule has 1 atom stereocenters. The Balaban J connectivity index is 1.97. The van der Waals surface area contributed by atoms with Crippen molar-refractivity contribution in [3.05, 3.63) is 17.0 Å². The molecule has 6 heteroatoms. The Kier molecular flexibility index (Phi) is 3.87. The highest BCUT2D eigenvalue weighted by molar-refractivity contribution is 7.91. The zero-order valence-electron chi connectivity index (χ0n) is 9.72. The number of sulfonamides is 1. The van der Waals surface area contributed by atoms with Crippen LogP contribution in [0.25, 0.3) is 0 Å². The Morgan fingerprint density at radius 2 is 2.24 bits per heavy atom. The molecule has 1 fully saturated rings. The van der Waals surface area contributed by atoms with Crippen LogP contribution in [0, 0.1) is 5.92 Å². The molecular weight excluding hydrogens is 258 g/mol. The van der Waals surface area contributed by atoms with E-state index in [1.54, 1.807) is 6.07 Å². The highest BCUT2D eigenvalue weighted by Crippen LogP contribution is 2.32. The van der Waals surface area contributed by atoms with Crippen LogP contribution in [0.3, 0.4) is 0 Å². The molecule has 0 radical (unpaired) electrons. The van der Waals surface area contributed by atoms with Crippen LogP contribution in [-0.2, 0) is 16.4 Å². The zero-order chi connectivity index (χ0) is 12.5. The second-order valence-corrected chi connectivity index (χ2v) is 7.49. The second kappa shape index (κ2) is 5.06. The maximum Gasteiger partial charge on any atom is 0.250 e. The van der Waals surface area contributed by atoms with Crippen LogP contribution >= 0.6 is 11.3 Å². The van der Waals surface area contributed by atoms with Crippen molar-refractivity contribution >= 4 is 21.4 Å². The summed E-state index contributed by atoms with van der Waals surface area (Å²) in [5.74, 6) is 0.284. The van der Waals surface area contributed by atoms with E-state index in [4.69, 9.17) is 0 Å². The molecule has 0 spiro atoms. The van der Waals surface area contributed by atoms with Crippen molar-refractivity contribution in [2.45, 2.75) is 36.5 Å². The lowest BCUT2D eigenvalue weighted by Gasteiger charge is -2.09. The van der Waals surface area contributed by atoms with Crippen LogP contribution < -0.4 is 4.72 Å². The zero-order valence-corrected chi connectivity index (χ0v) is 11.4.